The fourth-order valence-corrected chi connectivity index (χ4v) is 1.11. The number of hydrogen-bond acceptors (Lipinski definition) is 3. The number of aromatic nitrogens is 2. The molecular formula is C7H7FN2O3. The Balaban J connectivity index is 2.22. The lowest BCUT2D eigenvalue weighted by atomic mass is 10.3. The third-order valence-electron chi connectivity index (χ3n) is 1.86. The van der Waals surface area contributed by atoms with Gasteiger partial charge in [0.15, 0.2) is 0 Å². The Morgan fingerprint density at radius 2 is 2.38 bits per heavy atom. The van der Waals surface area contributed by atoms with Gasteiger partial charge in [-0.05, 0) is 12.8 Å². The number of hydrogen-bond donors (Lipinski definition) is 2. The highest BCUT2D eigenvalue weighted by Crippen LogP contribution is 2.41. The molecule has 0 radical (unpaired) electrons. The van der Waals surface area contributed by atoms with E-state index < -0.39 is 17.9 Å². The molecule has 1 aromatic rings. The predicted octanol–water partition coefficient (Wildman–Crippen LogP) is 1.48. The van der Waals surface area contributed by atoms with E-state index >= 15 is 0 Å². The predicted molar refractivity (Wildman–Crippen MR) is 39.2 cm³/mol. The molecule has 70 valence electrons. The molecule has 1 fully saturated rings. The second kappa shape index (κ2) is 2.72. The number of nitrogens with one attached hydrogen (secondary N) is 1. The molecule has 0 unspecified atom stereocenters. The van der Waals surface area contributed by atoms with E-state index in [0.717, 1.165) is 12.8 Å². The van der Waals surface area contributed by atoms with Gasteiger partial charge in [0, 0.05) is 5.92 Å². The lowest BCUT2D eigenvalue weighted by Gasteiger charge is -1.93. The molecule has 2 N–H and O–H groups in total. The molecular weight excluding hydrogens is 179 g/mol. The molecule has 13 heavy (non-hydrogen) atoms. The standard InChI is InChI=1S/C7H7FN2O3/c8-4-5(3-1-2-3)9-10-6(4)13-7(11)12/h3H,1-2H2,(H,9,10)(H,11,12). The third kappa shape index (κ3) is 1.47. The first kappa shape index (κ1) is 8.03. The number of halogens is 1. The highest BCUT2D eigenvalue weighted by Gasteiger charge is 2.31. The first-order valence-corrected chi connectivity index (χ1v) is 3.83. The summed E-state index contributed by atoms with van der Waals surface area (Å²) in [5.41, 5.74) is 0.274. The Kier molecular flexibility index (Phi) is 1.68. The maximum atomic E-state index is 13.2. The van der Waals surface area contributed by atoms with Crippen molar-refractivity contribution in [3.63, 3.8) is 0 Å². The van der Waals surface area contributed by atoms with Crippen LogP contribution in [-0.4, -0.2) is 21.5 Å². The quantitative estimate of drug-likeness (QED) is 0.686. The van der Waals surface area contributed by atoms with E-state index in [2.05, 4.69) is 14.9 Å². The Labute approximate surface area is 72.5 Å². The molecule has 1 aliphatic rings. The number of ether oxygens (including phenoxy) is 1. The van der Waals surface area contributed by atoms with Gasteiger partial charge in [-0.15, -0.1) is 0 Å². The summed E-state index contributed by atoms with van der Waals surface area (Å²) in [6, 6.07) is 0. The van der Waals surface area contributed by atoms with Crippen molar-refractivity contribution in [1.82, 2.24) is 10.2 Å². The zero-order chi connectivity index (χ0) is 9.42. The number of nitrogens with zero attached hydrogens (tertiary/aromatic N) is 1. The van der Waals surface area contributed by atoms with E-state index in [4.69, 9.17) is 5.11 Å². The minimum atomic E-state index is -1.55. The summed E-state index contributed by atoms with van der Waals surface area (Å²) >= 11 is 0. The number of aromatic amines is 1. The second-order valence-electron chi connectivity index (χ2n) is 2.89. The Morgan fingerprint density at radius 3 is 2.92 bits per heavy atom. The molecule has 1 aliphatic carbocycles. The van der Waals surface area contributed by atoms with Crippen LogP contribution in [0.15, 0.2) is 0 Å². The van der Waals surface area contributed by atoms with Crippen LogP contribution in [0.1, 0.15) is 24.5 Å². The average molecular weight is 186 g/mol. The Morgan fingerprint density at radius 1 is 1.69 bits per heavy atom. The monoisotopic (exact) mass is 186 g/mol. The Hall–Kier alpha value is -1.59. The molecule has 0 spiro atoms. The van der Waals surface area contributed by atoms with Crippen molar-refractivity contribution in [3.05, 3.63) is 11.5 Å². The van der Waals surface area contributed by atoms with Gasteiger partial charge >= 0.3 is 6.16 Å². The summed E-state index contributed by atoms with van der Waals surface area (Å²) in [5.74, 6) is -0.985. The van der Waals surface area contributed by atoms with Gasteiger partial charge in [0.25, 0.3) is 5.88 Å². The normalized spacial score (nSPS) is 15.8. The van der Waals surface area contributed by atoms with Gasteiger partial charge in [0.2, 0.25) is 5.82 Å². The topological polar surface area (TPSA) is 75.2 Å². The van der Waals surface area contributed by atoms with E-state index in [-0.39, 0.29) is 11.6 Å². The minimum Gasteiger partial charge on any atom is -0.449 e. The van der Waals surface area contributed by atoms with Gasteiger partial charge in [-0.1, -0.05) is 0 Å². The lowest BCUT2D eigenvalue weighted by molar-refractivity contribution is 0.140. The molecule has 1 aromatic heterocycles. The fraction of sp³-hybridized carbons (Fsp3) is 0.429. The van der Waals surface area contributed by atoms with Crippen molar-refractivity contribution in [2.24, 2.45) is 0 Å². The lowest BCUT2D eigenvalue weighted by Crippen LogP contribution is -2.04. The maximum Gasteiger partial charge on any atom is 0.512 e. The number of carbonyl (C=O) groups is 1. The molecule has 0 aliphatic heterocycles. The summed E-state index contributed by atoms with van der Waals surface area (Å²) in [5, 5.41) is 14.1. The first-order chi connectivity index (χ1) is 6.18. The number of carboxylic acid groups (broad SMARTS) is 1. The van der Waals surface area contributed by atoms with Gasteiger partial charge in [0.1, 0.15) is 5.69 Å². The van der Waals surface area contributed by atoms with Crippen molar-refractivity contribution in [2.45, 2.75) is 18.8 Å². The summed E-state index contributed by atoms with van der Waals surface area (Å²) in [6.45, 7) is 0. The van der Waals surface area contributed by atoms with Gasteiger partial charge in [-0.3, -0.25) is 0 Å². The van der Waals surface area contributed by atoms with Crippen molar-refractivity contribution in [2.75, 3.05) is 0 Å². The van der Waals surface area contributed by atoms with Gasteiger partial charge in [-0.2, -0.15) is 9.49 Å². The molecule has 0 aromatic carbocycles. The van der Waals surface area contributed by atoms with Crippen LogP contribution in [-0.2, 0) is 0 Å². The van der Waals surface area contributed by atoms with E-state index in [1.165, 1.54) is 0 Å². The highest BCUT2D eigenvalue weighted by atomic mass is 19.1. The maximum absolute atomic E-state index is 13.2. The zero-order valence-electron chi connectivity index (χ0n) is 6.58. The SMILES string of the molecule is O=C(O)Oc1[nH]nc(C2CC2)c1F. The van der Waals surface area contributed by atoms with Crippen molar-refractivity contribution in [1.29, 1.82) is 0 Å². The molecule has 1 heterocycles. The van der Waals surface area contributed by atoms with Crippen LogP contribution in [0.2, 0.25) is 0 Å². The van der Waals surface area contributed by atoms with E-state index in [1.54, 1.807) is 0 Å². The van der Waals surface area contributed by atoms with Crippen LogP contribution in [0.4, 0.5) is 9.18 Å². The summed E-state index contributed by atoms with van der Waals surface area (Å²) in [7, 11) is 0. The van der Waals surface area contributed by atoms with E-state index in [9.17, 15) is 9.18 Å². The van der Waals surface area contributed by atoms with Crippen molar-refractivity contribution < 1.29 is 19.0 Å². The highest BCUT2D eigenvalue weighted by molar-refractivity contribution is 5.60. The molecule has 0 bridgehead atoms. The third-order valence-corrected chi connectivity index (χ3v) is 1.86. The van der Waals surface area contributed by atoms with Crippen LogP contribution in [0.25, 0.3) is 0 Å². The summed E-state index contributed by atoms with van der Waals surface area (Å²) in [6.07, 6.45) is 0.243. The van der Waals surface area contributed by atoms with Crippen molar-refractivity contribution >= 4 is 6.16 Å². The second-order valence-corrected chi connectivity index (χ2v) is 2.89. The van der Waals surface area contributed by atoms with Crippen LogP contribution < -0.4 is 4.74 Å². The fourth-order valence-electron chi connectivity index (χ4n) is 1.11. The van der Waals surface area contributed by atoms with Gasteiger partial charge in [-0.25, -0.2) is 9.89 Å². The molecule has 6 heteroatoms. The molecule has 5 nitrogen and oxygen atoms in total. The molecule has 0 amide bonds. The molecule has 1 saturated carbocycles. The van der Waals surface area contributed by atoms with E-state index in [1.807, 2.05) is 0 Å². The zero-order valence-corrected chi connectivity index (χ0v) is 6.58. The first-order valence-electron chi connectivity index (χ1n) is 3.83. The van der Waals surface area contributed by atoms with Crippen LogP contribution >= 0.6 is 0 Å². The summed E-state index contributed by atoms with van der Waals surface area (Å²) in [4.78, 5) is 10.1. The molecule has 0 atom stereocenters. The summed E-state index contributed by atoms with van der Waals surface area (Å²) < 4.78 is 17.3. The number of H-pyrrole nitrogens is 1. The molecule has 0 saturated heterocycles. The van der Waals surface area contributed by atoms with Crippen LogP contribution in [0.3, 0.4) is 0 Å². The van der Waals surface area contributed by atoms with Crippen LogP contribution in [0.5, 0.6) is 5.88 Å². The number of rotatable bonds is 2. The van der Waals surface area contributed by atoms with Gasteiger partial charge in [0.05, 0.1) is 0 Å². The Bertz CT molecular complexity index is 346. The van der Waals surface area contributed by atoms with Crippen LogP contribution in [0, 0.1) is 5.82 Å². The van der Waals surface area contributed by atoms with E-state index in [0.29, 0.717) is 0 Å². The van der Waals surface area contributed by atoms with Gasteiger partial charge < -0.3 is 9.84 Å². The smallest absolute Gasteiger partial charge is 0.449 e. The minimum absolute atomic E-state index is 0.127. The molecule has 2 rings (SSSR count). The average Bonchev–Trinajstić information content (AvgIpc) is 2.81. The van der Waals surface area contributed by atoms with Crippen molar-refractivity contribution in [3.8, 4) is 5.88 Å². The largest absolute Gasteiger partial charge is 0.512 e.